The molecular weight excluding hydrogens is 461 g/mol. The maximum Gasteiger partial charge on any atom is 0.430 e. The fourth-order valence-electron chi connectivity index (χ4n) is 4.09. The number of fused-ring (bicyclic) bond motifs is 1. The molecule has 0 spiro atoms. The lowest BCUT2D eigenvalue weighted by molar-refractivity contribution is -0.206. The van der Waals surface area contributed by atoms with Crippen molar-refractivity contribution in [1.29, 1.82) is 0 Å². The minimum absolute atomic E-state index is 0.0942. The van der Waals surface area contributed by atoms with E-state index in [9.17, 15) is 26.7 Å². The van der Waals surface area contributed by atoms with E-state index < -0.39 is 29.9 Å². The molecule has 0 saturated carbocycles. The number of aromatic nitrogens is 2. The zero-order chi connectivity index (χ0) is 24.8. The molecule has 2 atom stereocenters. The average Bonchev–Trinajstić information content (AvgIpc) is 2.76. The van der Waals surface area contributed by atoms with Crippen LogP contribution in [0.15, 0.2) is 24.4 Å². The standard InChI is InChI=1S/C22H24F5N5O2/c1-11(2)15-10-32(7-6-28-15)16-9-12(21(3,23)24)8-14(30-16)13-4-5-29-19-17(13)18(22(25,26)27)34-20(33)31-19/h4-5,8-9,11,15,18,28H,6-7,10H2,1-3H3,(H,29,31,33)/t15-,18-/m1/s1. The average molecular weight is 485 g/mol. The third-order valence-corrected chi connectivity index (χ3v) is 5.92. The molecular formula is C22H24F5N5O2. The topological polar surface area (TPSA) is 79.4 Å². The van der Waals surface area contributed by atoms with Crippen molar-refractivity contribution >= 4 is 17.7 Å². The second kappa shape index (κ2) is 8.64. The Kier molecular flexibility index (Phi) is 6.13. The number of carbonyl (C=O) groups excluding carboxylic acids is 1. The molecule has 184 valence electrons. The van der Waals surface area contributed by atoms with Gasteiger partial charge in [0.25, 0.3) is 5.92 Å². The van der Waals surface area contributed by atoms with Gasteiger partial charge in [0.15, 0.2) is 0 Å². The van der Waals surface area contributed by atoms with Crippen molar-refractivity contribution in [3.05, 3.63) is 35.5 Å². The Morgan fingerprint density at radius 3 is 2.59 bits per heavy atom. The summed E-state index contributed by atoms with van der Waals surface area (Å²) in [7, 11) is 0. The van der Waals surface area contributed by atoms with Crippen molar-refractivity contribution in [1.82, 2.24) is 15.3 Å². The molecule has 2 aromatic heterocycles. The number of nitrogens with zero attached hydrogens (tertiary/aromatic N) is 3. The number of nitrogens with one attached hydrogen (secondary N) is 2. The van der Waals surface area contributed by atoms with Crippen molar-refractivity contribution in [2.45, 2.75) is 45.0 Å². The van der Waals surface area contributed by atoms with Gasteiger partial charge in [0.1, 0.15) is 11.6 Å². The minimum Gasteiger partial charge on any atom is -0.431 e. The first kappa shape index (κ1) is 24.1. The highest BCUT2D eigenvalue weighted by Gasteiger charge is 2.49. The predicted molar refractivity (Wildman–Crippen MR) is 115 cm³/mol. The quantitative estimate of drug-likeness (QED) is 0.603. The van der Waals surface area contributed by atoms with Gasteiger partial charge < -0.3 is 15.0 Å². The third kappa shape index (κ3) is 4.77. The van der Waals surface area contributed by atoms with Gasteiger partial charge in [0, 0.05) is 49.9 Å². The van der Waals surface area contributed by atoms with Crippen LogP contribution in [-0.2, 0) is 10.7 Å². The zero-order valence-electron chi connectivity index (χ0n) is 18.7. The number of cyclic esters (lactones) is 1. The van der Waals surface area contributed by atoms with E-state index in [2.05, 4.69) is 25.3 Å². The normalized spacial score (nSPS) is 21.2. The number of piperazine rings is 1. The van der Waals surface area contributed by atoms with E-state index in [0.29, 0.717) is 26.6 Å². The lowest BCUT2D eigenvalue weighted by Crippen LogP contribution is -2.53. The van der Waals surface area contributed by atoms with E-state index in [1.165, 1.54) is 18.3 Å². The van der Waals surface area contributed by atoms with Crippen molar-refractivity contribution in [2.24, 2.45) is 5.92 Å². The number of pyridine rings is 2. The van der Waals surface area contributed by atoms with Crippen molar-refractivity contribution < 1.29 is 31.5 Å². The van der Waals surface area contributed by atoms with Crippen LogP contribution in [0.1, 0.15) is 38.0 Å². The summed E-state index contributed by atoms with van der Waals surface area (Å²) in [5.41, 5.74) is -1.07. The molecule has 1 fully saturated rings. The Morgan fingerprint density at radius 1 is 1.21 bits per heavy atom. The third-order valence-electron chi connectivity index (χ3n) is 5.92. The fraction of sp³-hybridized carbons (Fsp3) is 0.500. The molecule has 0 bridgehead atoms. The summed E-state index contributed by atoms with van der Waals surface area (Å²) in [6.07, 6.45) is -7.67. The molecule has 0 radical (unpaired) electrons. The molecule has 2 aliphatic rings. The van der Waals surface area contributed by atoms with Crippen LogP contribution in [0.2, 0.25) is 0 Å². The van der Waals surface area contributed by atoms with Crippen LogP contribution in [-0.4, -0.2) is 47.9 Å². The van der Waals surface area contributed by atoms with E-state index in [0.717, 1.165) is 6.07 Å². The number of carbonyl (C=O) groups is 1. The lowest BCUT2D eigenvalue weighted by atomic mass is 9.97. The lowest BCUT2D eigenvalue weighted by Gasteiger charge is -2.37. The summed E-state index contributed by atoms with van der Waals surface area (Å²) >= 11 is 0. The molecule has 7 nitrogen and oxygen atoms in total. The zero-order valence-corrected chi connectivity index (χ0v) is 18.7. The van der Waals surface area contributed by atoms with Crippen LogP contribution in [0.3, 0.4) is 0 Å². The highest BCUT2D eigenvalue weighted by Crippen LogP contribution is 2.46. The first-order chi connectivity index (χ1) is 15.8. The Bertz CT molecular complexity index is 1090. The highest BCUT2D eigenvalue weighted by molar-refractivity contribution is 5.89. The van der Waals surface area contributed by atoms with Crippen LogP contribution in [0.5, 0.6) is 0 Å². The predicted octanol–water partition coefficient (Wildman–Crippen LogP) is 4.86. The Morgan fingerprint density at radius 2 is 1.94 bits per heavy atom. The van der Waals surface area contributed by atoms with Crippen molar-refractivity contribution in [3.8, 4) is 11.3 Å². The van der Waals surface area contributed by atoms with Crippen LogP contribution >= 0.6 is 0 Å². The van der Waals surface area contributed by atoms with E-state index in [1.807, 2.05) is 18.7 Å². The monoisotopic (exact) mass is 485 g/mol. The smallest absolute Gasteiger partial charge is 0.430 e. The van der Waals surface area contributed by atoms with Crippen molar-refractivity contribution in [2.75, 3.05) is 29.9 Å². The molecule has 4 heterocycles. The van der Waals surface area contributed by atoms with Gasteiger partial charge in [-0.25, -0.2) is 23.5 Å². The van der Waals surface area contributed by atoms with Gasteiger partial charge in [-0.3, -0.25) is 5.32 Å². The SMILES string of the molecule is CC(C)[C@H]1CN(c2cc(C(C)(F)F)cc(-c3ccnc4c3[C@H](C(F)(F)F)OC(=O)N4)n2)CCN1. The Labute approximate surface area is 192 Å². The fourth-order valence-corrected chi connectivity index (χ4v) is 4.09. The number of halogens is 5. The second-order valence-corrected chi connectivity index (χ2v) is 8.81. The number of anilines is 2. The van der Waals surface area contributed by atoms with Gasteiger partial charge in [-0.15, -0.1) is 0 Å². The summed E-state index contributed by atoms with van der Waals surface area (Å²) < 4.78 is 74.6. The van der Waals surface area contributed by atoms with Gasteiger partial charge in [-0.1, -0.05) is 13.8 Å². The molecule has 0 aliphatic carbocycles. The van der Waals surface area contributed by atoms with Gasteiger partial charge in [0.2, 0.25) is 6.10 Å². The molecule has 1 saturated heterocycles. The summed E-state index contributed by atoms with van der Waals surface area (Å²) in [5.74, 6) is -3.11. The molecule has 34 heavy (non-hydrogen) atoms. The van der Waals surface area contributed by atoms with Crippen LogP contribution in [0, 0.1) is 5.92 Å². The molecule has 2 aromatic rings. The minimum atomic E-state index is -4.94. The molecule has 2 N–H and O–H groups in total. The maximum absolute atomic E-state index is 14.4. The number of hydrogen-bond donors (Lipinski definition) is 2. The van der Waals surface area contributed by atoms with Crippen LogP contribution in [0.4, 0.5) is 38.4 Å². The summed E-state index contributed by atoms with van der Waals surface area (Å²) in [4.78, 5) is 21.8. The van der Waals surface area contributed by atoms with Crippen molar-refractivity contribution in [3.63, 3.8) is 0 Å². The summed E-state index contributed by atoms with van der Waals surface area (Å²) in [5, 5.41) is 5.52. The van der Waals surface area contributed by atoms with Gasteiger partial charge in [-0.05, 0) is 24.1 Å². The van der Waals surface area contributed by atoms with Crippen LogP contribution in [0.25, 0.3) is 11.3 Å². The van der Waals surface area contributed by atoms with Gasteiger partial charge in [0.05, 0.1) is 11.3 Å². The first-order valence-electron chi connectivity index (χ1n) is 10.8. The van der Waals surface area contributed by atoms with E-state index in [4.69, 9.17) is 0 Å². The van der Waals surface area contributed by atoms with Gasteiger partial charge in [-0.2, -0.15) is 13.2 Å². The largest absolute Gasteiger partial charge is 0.431 e. The van der Waals surface area contributed by atoms with E-state index in [1.54, 1.807) is 0 Å². The van der Waals surface area contributed by atoms with E-state index >= 15 is 0 Å². The first-order valence-corrected chi connectivity index (χ1v) is 10.8. The Hall–Kier alpha value is -3.02. The molecule has 0 aromatic carbocycles. The number of ether oxygens (including phenoxy) is 1. The molecule has 0 unspecified atom stereocenters. The maximum atomic E-state index is 14.4. The summed E-state index contributed by atoms with van der Waals surface area (Å²) in [6.45, 7) is 6.38. The molecule has 12 heteroatoms. The highest BCUT2D eigenvalue weighted by atomic mass is 19.4. The van der Waals surface area contributed by atoms with Crippen LogP contribution < -0.4 is 15.5 Å². The number of amides is 1. The molecule has 2 aliphatic heterocycles. The number of alkyl halides is 5. The molecule has 1 amide bonds. The molecule has 4 rings (SSSR count). The summed E-state index contributed by atoms with van der Waals surface area (Å²) in [6, 6.07) is 3.66. The van der Waals surface area contributed by atoms with Gasteiger partial charge >= 0.3 is 12.3 Å². The number of rotatable bonds is 4. The van der Waals surface area contributed by atoms with E-state index in [-0.39, 0.29) is 40.4 Å². The Balaban J connectivity index is 1.87. The second-order valence-electron chi connectivity index (χ2n) is 8.81. The number of hydrogen-bond acceptors (Lipinski definition) is 6.